The minimum Gasteiger partial charge on any atom is -0.493 e. The van der Waals surface area contributed by atoms with E-state index in [1.54, 1.807) is 14.2 Å². The molecule has 0 saturated carbocycles. The van der Waals surface area contributed by atoms with Crippen LogP contribution in [0.5, 0.6) is 11.5 Å². The maximum absolute atomic E-state index is 5.60. The average Bonchev–Trinajstić information content (AvgIpc) is 2.79. The van der Waals surface area contributed by atoms with E-state index < -0.39 is 0 Å². The summed E-state index contributed by atoms with van der Waals surface area (Å²) in [6, 6.07) is 12.7. The monoisotopic (exact) mass is 415 g/mol. The van der Waals surface area contributed by atoms with Crippen LogP contribution in [0.25, 0.3) is 21.7 Å². The number of anilines is 1. The molecule has 0 spiro atoms. The Kier molecular flexibility index (Phi) is 5.94. The molecule has 2 aromatic heterocycles. The van der Waals surface area contributed by atoms with Crippen LogP contribution in [0, 0.1) is 6.92 Å². The zero-order valence-electron chi connectivity index (χ0n) is 18.9. The maximum Gasteiger partial charge on any atom is 0.161 e. The molecule has 160 valence electrons. The van der Waals surface area contributed by atoms with Gasteiger partial charge in [-0.05, 0) is 60.2 Å². The van der Waals surface area contributed by atoms with Gasteiger partial charge in [-0.25, -0.2) is 4.98 Å². The summed E-state index contributed by atoms with van der Waals surface area (Å²) in [7, 11) is 5.26. The number of hydrogen-bond donors (Lipinski definition) is 1. The predicted octanol–water partition coefficient (Wildman–Crippen LogP) is 5.69. The highest BCUT2D eigenvalue weighted by Gasteiger charge is 2.15. The first kappa shape index (κ1) is 20.9. The number of ether oxygens (including phenoxy) is 2. The molecule has 5 nitrogen and oxygen atoms in total. The van der Waals surface area contributed by atoms with Crippen LogP contribution in [-0.4, -0.2) is 31.2 Å². The Bertz CT molecular complexity index is 1250. The minimum absolute atomic E-state index is 0.721. The summed E-state index contributed by atoms with van der Waals surface area (Å²) in [5.74, 6) is 2.35. The Morgan fingerprint density at radius 2 is 1.68 bits per heavy atom. The summed E-state index contributed by atoms with van der Waals surface area (Å²) < 4.78 is 11.2. The fraction of sp³-hybridized carbons (Fsp3) is 0.308. The molecule has 5 heteroatoms. The topological polar surface area (TPSA) is 56.3 Å². The number of hydrogen-bond acceptors (Lipinski definition) is 5. The van der Waals surface area contributed by atoms with Gasteiger partial charge in [0, 0.05) is 36.1 Å². The zero-order chi connectivity index (χ0) is 22.0. The molecule has 4 aromatic rings. The number of nitrogens with one attached hydrogen (secondary N) is 1. The van der Waals surface area contributed by atoms with Crippen LogP contribution in [0.15, 0.2) is 42.6 Å². The van der Waals surface area contributed by atoms with E-state index in [-0.39, 0.29) is 0 Å². The second kappa shape index (κ2) is 8.80. The van der Waals surface area contributed by atoms with E-state index >= 15 is 0 Å². The number of aryl methyl sites for hydroxylation is 2. The first-order valence-electron chi connectivity index (χ1n) is 10.7. The summed E-state index contributed by atoms with van der Waals surface area (Å²) >= 11 is 0. The van der Waals surface area contributed by atoms with Crippen LogP contribution >= 0.6 is 0 Å². The highest BCUT2D eigenvalue weighted by Crippen LogP contribution is 2.36. The number of fused-ring (bicyclic) bond motifs is 2. The molecule has 1 N–H and O–H groups in total. The van der Waals surface area contributed by atoms with Crippen molar-refractivity contribution in [3.63, 3.8) is 0 Å². The Labute approximate surface area is 183 Å². The zero-order valence-corrected chi connectivity index (χ0v) is 18.9. The lowest BCUT2D eigenvalue weighted by Crippen LogP contribution is -2.03. The lowest BCUT2D eigenvalue weighted by Gasteiger charge is -2.16. The van der Waals surface area contributed by atoms with E-state index in [0.717, 1.165) is 75.1 Å². The van der Waals surface area contributed by atoms with Gasteiger partial charge in [-0.3, -0.25) is 4.98 Å². The van der Waals surface area contributed by atoms with Crippen LogP contribution in [0.1, 0.15) is 35.7 Å². The molecule has 4 rings (SSSR count). The van der Waals surface area contributed by atoms with E-state index in [2.05, 4.69) is 55.6 Å². The molecule has 0 bridgehead atoms. The number of pyridine rings is 2. The molecule has 31 heavy (non-hydrogen) atoms. The number of nitrogens with zero attached hydrogens (tertiary/aromatic N) is 2. The number of methoxy groups -OCH3 is 2. The van der Waals surface area contributed by atoms with Gasteiger partial charge in [-0.1, -0.05) is 25.0 Å². The van der Waals surface area contributed by atoms with Crippen molar-refractivity contribution < 1.29 is 9.47 Å². The summed E-state index contributed by atoms with van der Waals surface area (Å²) in [4.78, 5) is 9.66. The fourth-order valence-electron chi connectivity index (χ4n) is 4.15. The van der Waals surface area contributed by atoms with Gasteiger partial charge in [0.05, 0.1) is 19.7 Å². The van der Waals surface area contributed by atoms with Crippen molar-refractivity contribution >= 4 is 27.5 Å². The SMILES string of the molecule is CCCc1ncc(Cc2cc3cc(C)ccc3nc2NC)c2cc(OC)c(OC)cc12. The van der Waals surface area contributed by atoms with Crippen LogP contribution in [-0.2, 0) is 12.8 Å². The van der Waals surface area contributed by atoms with Crippen molar-refractivity contribution in [3.8, 4) is 11.5 Å². The van der Waals surface area contributed by atoms with Gasteiger partial charge in [-0.2, -0.15) is 0 Å². The number of rotatable bonds is 7. The second-order valence-electron chi connectivity index (χ2n) is 7.85. The third-order valence-electron chi connectivity index (χ3n) is 5.71. The van der Waals surface area contributed by atoms with Gasteiger partial charge in [0.1, 0.15) is 5.82 Å². The third kappa shape index (κ3) is 4.00. The highest BCUT2D eigenvalue weighted by atomic mass is 16.5. The molecule has 0 aliphatic rings. The largest absolute Gasteiger partial charge is 0.493 e. The fourth-order valence-corrected chi connectivity index (χ4v) is 4.15. The van der Waals surface area contributed by atoms with Crippen LogP contribution in [0.4, 0.5) is 5.82 Å². The van der Waals surface area contributed by atoms with Gasteiger partial charge >= 0.3 is 0 Å². The molecular weight excluding hydrogens is 386 g/mol. The number of aromatic nitrogens is 2. The van der Waals surface area contributed by atoms with Crippen LogP contribution in [0.2, 0.25) is 0 Å². The van der Waals surface area contributed by atoms with E-state index in [1.165, 1.54) is 5.56 Å². The summed E-state index contributed by atoms with van der Waals surface area (Å²) in [6.45, 7) is 4.28. The molecule has 2 aromatic carbocycles. The van der Waals surface area contributed by atoms with Gasteiger partial charge in [0.15, 0.2) is 11.5 Å². The van der Waals surface area contributed by atoms with Crippen LogP contribution in [0.3, 0.4) is 0 Å². The van der Waals surface area contributed by atoms with E-state index in [9.17, 15) is 0 Å². The molecule has 0 aliphatic heterocycles. The Morgan fingerprint density at radius 3 is 2.35 bits per heavy atom. The summed E-state index contributed by atoms with van der Waals surface area (Å²) in [5, 5.41) is 6.67. The van der Waals surface area contributed by atoms with Crippen molar-refractivity contribution in [2.45, 2.75) is 33.1 Å². The molecule has 0 fully saturated rings. The molecule has 0 unspecified atom stereocenters. The van der Waals surface area contributed by atoms with Gasteiger partial charge in [0.25, 0.3) is 0 Å². The molecule has 0 radical (unpaired) electrons. The third-order valence-corrected chi connectivity index (χ3v) is 5.71. The van der Waals surface area contributed by atoms with E-state index in [1.807, 2.05) is 13.2 Å². The molecular formula is C26H29N3O2. The van der Waals surface area contributed by atoms with E-state index in [4.69, 9.17) is 19.4 Å². The molecule has 0 atom stereocenters. The molecule has 0 saturated heterocycles. The molecule has 0 amide bonds. The Morgan fingerprint density at radius 1 is 0.935 bits per heavy atom. The highest BCUT2D eigenvalue weighted by molar-refractivity contribution is 5.91. The van der Waals surface area contributed by atoms with Crippen molar-refractivity contribution in [1.82, 2.24) is 9.97 Å². The lowest BCUT2D eigenvalue weighted by molar-refractivity contribution is 0.356. The van der Waals surface area contributed by atoms with Crippen molar-refractivity contribution in [1.29, 1.82) is 0 Å². The maximum atomic E-state index is 5.60. The standard InChI is InChI=1S/C26H29N3O2/c1-6-7-23-21-14-25(31-5)24(30-4)13-20(21)19(15-28-23)12-18-11-17-10-16(2)8-9-22(17)29-26(18)27-3/h8-11,13-15H,6-7,12H2,1-5H3,(H,27,29). The van der Waals surface area contributed by atoms with Gasteiger partial charge < -0.3 is 14.8 Å². The van der Waals surface area contributed by atoms with Crippen molar-refractivity contribution in [2.24, 2.45) is 0 Å². The minimum atomic E-state index is 0.721. The summed E-state index contributed by atoms with van der Waals surface area (Å²) in [5.41, 5.74) is 5.59. The lowest BCUT2D eigenvalue weighted by atomic mass is 9.97. The summed E-state index contributed by atoms with van der Waals surface area (Å²) in [6.07, 6.45) is 4.68. The smallest absolute Gasteiger partial charge is 0.161 e. The molecule has 2 heterocycles. The predicted molar refractivity (Wildman–Crippen MR) is 128 cm³/mol. The normalized spacial score (nSPS) is 11.1. The molecule has 0 aliphatic carbocycles. The van der Waals surface area contributed by atoms with Crippen molar-refractivity contribution in [2.75, 3.05) is 26.6 Å². The van der Waals surface area contributed by atoms with Crippen molar-refractivity contribution in [3.05, 3.63) is 65.0 Å². The quantitative estimate of drug-likeness (QED) is 0.420. The first-order valence-corrected chi connectivity index (χ1v) is 10.7. The number of benzene rings is 2. The van der Waals surface area contributed by atoms with Crippen LogP contribution < -0.4 is 14.8 Å². The average molecular weight is 416 g/mol. The van der Waals surface area contributed by atoms with Gasteiger partial charge in [0.2, 0.25) is 0 Å². The van der Waals surface area contributed by atoms with E-state index in [0.29, 0.717) is 0 Å². The Hall–Kier alpha value is -3.34. The first-order chi connectivity index (χ1) is 15.1. The Balaban J connectivity index is 1.89. The second-order valence-corrected chi connectivity index (χ2v) is 7.85. The van der Waals surface area contributed by atoms with Gasteiger partial charge in [-0.15, -0.1) is 0 Å².